The number of phenols is 1. The molecule has 2 heterocycles. The van der Waals surface area contributed by atoms with Gasteiger partial charge in [-0.15, -0.1) is 0 Å². The minimum absolute atomic E-state index is 0.0334. The summed E-state index contributed by atoms with van der Waals surface area (Å²) in [5.41, 5.74) is 0.999. The number of ether oxygens (including phenoxy) is 1. The zero-order valence-electron chi connectivity index (χ0n) is 14.6. The molecule has 0 spiro atoms. The summed E-state index contributed by atoms with van der Waals surface area (Å²) < 4.78 is 5.85. The number of hydrogen-bond acceptors (Lipinski definition) is 5. The standard InChI is InChI=1S/C19H30N2O3/c1-15-5-7-20(8-6-15)12-18(23)13-21-9-10-24-19(14-21)16-3-2-4-17(22)11-16/h2-4,11,15,18-19,22-23H,5-10,12-14H2,1H3. The maximum atomic E-state index is 10.5. The number of aliphatic hydroxyl groups excluding tert-OH is 1. The lowest BCUT2D eigenvalue weighted by Crippen LogP contribution is -2.46. The fourth-order valence-electron chi connectivity index (χ4n) is 3.69. The van der Waals surface area contributed by atoms with Crippen LogP contribution in [0, 0.1) is 5.92 Å². The smallest absolute Gasteiger partial charge is 0.115 e. The molecular formula is C19H30N2O3. The molecule has 0 saturated carbocycles. The van der Waals surface area contributed by atoms with Crippen LogP contribution < -0.4 is 0 Å². The summed E-state index contributed by atoms with van der Waals surface area (Å²) >= 11 is 0. The summed E-state index contributed by atoms with van der Waals surface area (Å²) in [6.07, 6.45) is 2.13. The Morgan fingerprint density at radius 1 is 1.17 bits per heavy atom. The molecule has 0 amide bonds. The lowest BCUT2D eigenvalue weighted by molar-refractivity contribution is -0.0456. The number of nitrogens with zero attached hydrogens (tertiary/aromatic N) is 2. The molecule has 24 heavy (non-hydrogen) atoms. The summed E-state index contributed by atoms with van der Waals surface area (Å²) in [5.74, 6) is 1.09. The Kier molecular flexibility index (Phi) is 6.11. The molecule has 5 nitrogen and oxygen atoms in total. The number of benzene rings is 1. The maximum Gasteiger partial charge on any atom is 0.115 e. The van der Waals surface area contributed by atoms with Gasteiger partial charge < -0.3 is 19.8 Å². The van der Waals surface area contributed by atoms with Gasteiger partial charge in [0, 0.05) is 26.2 Å². The molecule has 2 fully saturated rings. The third-order valence-electron chi connectivity index (χ3n) is 5.21. The van der Waals surface area contributed by atoms with E-state index in [4.69, 9.17) is 4.74 Å². The van der Waals surface area contributed by atoms with E-state index in [1.54, 1.807) is 12.1 Å². The first-order chi connectivity index (χ1) is 11.6. The number of β-amino-alcohol motifs (C(OH)–C–C–N with tert-alkyl or cyclic N) is 1. The Bertz CT molecular complexity index is 517. The van der Waals surface area contributed by atoms with Gasteiger partial charge in [0.05, 0.1) is 18.8 Å². The predicted octanol–water partition coefficient (Wildman–Crippen LogP) is 1.86. The summed E-state index contributed by atoms with van der Waals surface area (Å²) in [6.45, 7) is 8.24. The van der Waals surface area contributed by atoms with Crippen LogP contribution in [0.1, 0.15) is 31.4 Å². The van der Waals surface area contributed by atoms with E-state index >= 15 is 0 Å². The zero-order valence-corrected chi connectivity index (χ0v) is 14.6. The molecule has 0 aromatic heterocycles. The van der Waals surface area contributed by atoms with Crippen LogP contribution in [0.15, 0.2) is 24.3 Å². The van der Waals surface area contributed by atoms with Crippen LogP contribution >= 0.6 is 0 Å². The van der Waals surface area contributed by atoms with Crippen LogP contribution in [0.25, 0.3) is 0 Å². The van der Waals surface area contributed by atoms with Gasteiger partial charge in [0.15, 0.2) is 0 Å². The SMILES string of the molecule is CC1CCN(CC(O)CN2CCOC(c3cccc(O)c3)C2)CC1. The number of phenolic OH excluding ortho intramolecular Hbond substituents is 1. The average Bonchev–Trinajstić information content (AvgIpc) is 2.57. The Labute approximate surface area is 144 Å². The fourth-order valence-corrected chi connectivity index (χ4v) is 3.69. The number of aromatic hydroxyl groups is 1. The van der Waals surface area contributed by atoms with E-state index in [9.17, 15) is 10.2 Å². The van der Waals surface area contributed by atoms with Crippen LogP contribution in [-0.2, 0) is 4.74 Å². The Balaban J connectivity index is 1.48. The van der Waals surface area contributed by atoms with E-state index in [0.717, 1.165) is 44.2 Å². The Hall–Kier alpha value is -1.14. The van der Waals surface area contributed by atoms with Crippen LogP contribution in [0.2, 0.25) is 0 Å². The van der Waals surface area contributed by atoms with Crippen molar-refractivity contribution in [3.8, 4) is 5.75 Å². The van der Waals surface area contributed by atoms with Gasteiger partial charge in [0.25, 0.3) is 0 Å². The molecule has 134 valence electrons. The van der Waals surface area contributed by atoms with Gasteiger partial charge in [-0.05, 0) is 49.5 Å². The molecule has 1 aromatic rings. The predicted molar refractivity (Wildman–Crippen MR) is 94.1 cm³/mol. The number of rotatable bonds is 5. The van der Waals surface area contributed by atoms with Crippen molar-refractivity contribution in [3.05, 3.63) is 29.8 Å². The third kappa shape index (κ3) is 4.93. The van der Waals surface area contributed by atoms with Crippen LogP contribution in [0.4, 0.5) is 0 Å². The molecule has 0 bridgehead atoms. The molecule has 2 atom stereocenters. The molecule has 2 saturated heterocycles. The number of hydrogen-bond donors (Lipinski definition) is 2. The Morgan fingerprint density at radius 3 is 2.67 bits per heavy atom. The second-order valence-electron chi connectivity index (χ2n) is 7.35. The molecule has 5 heteroatoms. The molecule has 1 aromatic carbocycles. The topological polar surface area (TPSA) is 56.2 Å². The first kappa shape index (κ1) is 17.7. The van der Waals surface area contributed by atoms with Crippen molar-refractivity contribution in [2.45, 2.75) is 32.0 Å². The summed E-state index contributed by atoms with van der Waals surface area (Å²) in [7, 11) is 0. The quantitative estimate of drug-likeness (QED) is 0.861. The first-order valence-corrected chi connectivity index (χ1v) is 9.13. The van der Waals surface area contributed by atoms with Crippen LogP contribution in [0.5, 0.6) is 5.75 Å². The van der Waals surface area contributed by atoms with E-state index in [2.05, 4.69) is 16.7 Å². The zero-order chi connectivity index (χ0) is 16.9. The highest BCUT2D eigenvalue weighted by Gasteiger charge is 2.25. The number of likely N-dealkylation sites (tertiary alicyclic amines) is 1. The van der Waals surface area contributed by atoms with Crippen molar-refractivity contribution in [2.75, 3.05) is 45.9 Å². The lowest BCUT2D eigenvalue weighted by Gasteiger charge is -2.36. The van der Waals surface area contributed by atoms with Crippen molar-refractivity contribution < 1.29 is 14.9 Å². The van der Waals surface area contributed by atoms with Gasteiger partial charge in [-0.3, -0.25) is 4.90 Å². The first-order valence-electron chi connectivity index (χ1n) is 9.13. The van der Waals surface area contributed by atoms with E-state index in [1.165, 1.54) is 12.8 Å². The van der Waals surface area contributed by atoms with Crippen molar-refractivity contribution in [1.29, 1.82) is 0 Å². The third-order valence-corrected chi connectivity index (χ3v) is 5.21. The molecule has 2 aliphatic rings. The molecule has 2 unspecified atom stereocenters. The van der Waals surface area contributed by atoms with E-state index in [0.29, 0.717) is 13.2 Å². The number of piperidine rings is 1. The fraction of sp³-hybridized carbons (Fsp3) is 0.684. The van der Waals surface area contributed by atoms with Gasteiger partial charge in [-0.1, -0.05) is 19.1 Å². The van der Waals surface area contributed by atoms with Crippen molar-refractivity contribution >= 4 is 0 Å². The summed E-state index contributed by atoms with van der Waals surface area (Å²) in [6, 6.07) is 7.27. The monoisotopic (exact) mass is 334 g/mol. The van der Waals surface area contributed by atoms with E-state index in [1.807, 2.05) is 12.1 Å². The Morgan fingerprint density at radius 2 is 1.92 bits per heavy atom. The highest BCUT2D eigenvalue weighted by Crippen LogP contribution is 2.25. The van der Waals surface area contributed by atoms with Crippen molar-refractivity contribution in [1.82, 2.24) is 9.80 Å². The average molecular weight is 334 g/mol. The van der Waals surface area contributed by atoms with Crippen molar-refractivity contribution in [2.24, 2.45) is 5.92 Å². The van der Waals surface area contributed by atoms with Gasteiger partial charge in [-0.25, -0.2) is 0 Å². The van der Waals surface area contributed by atoms with Gasteiger partial charge in [0.1, 0.15) is 5.75 Å². The highest BCUT2D eigenvalue weighted by atomic mass is 16.5. The molecule has 3 rings (SSSR count). The molecule has 2 N–H and O–H groups in total. The maximum absolute atomic E-state index is 10.5. The number of aliphatic hydroxyl groups is 1. The normalized spacial score (nSPS) is 25.7. The molecular weight excluding hydrogens is 304 g/mol. The second-order valence-corrected chi connectivity index (χ2v) is 7.35. The minimum atomic E-state index is -0.318. The number of morpholine rings is 1. The lowest BCUT2D eigenvalue weighted by atomic mass is 9.99. The largest absolute Gasteiger partial charge is 0.508 e. The highest BCUT2D eigenvalue weighted by molar-refractivity contribution is 5.29. The van der Waals surface area contributed by atoms with Gasteiger partial charge >= 0.3 is 0 Å². The minimum Gasteiger partial charge on any atom is -0.508 e. The molecule has 2 aliphatic heterocycles. The van der Waals surface area contributed by atoms with E-state index in [-0.39, 0.29) is 18.0 Å². The van der Waals surface area contributed by atoms with Gasteiger partial charge in [0.2, 0.25) is 0 Å². The summed E-state index contributed by atoms with van der Waals surface area (Å²) in [4.78, 5) is 4.66. The van der Waals surface area contributed by atoms with Crippen molar-refractivity contribution in [3.63, 3.8) is 0 Å². The van der Waals surface area contributed by atoms with E-state index < -0.39 is 0 Å². The second kappa shape index (κ2) is 8.30. The summed E-state index contributed by atoms with van der Waals surface area (Å²) in [5, 5.41) is 20.1. The van der Waals surface area contributed by atoms with Crippen LogP contribution in [0.3, 0.4) is 0 Å². The molecule has 0 aliphatic carbocycles. The van der Waals surface area contributed by atoms with Gasteiger partial charge in [-0.2, -0.15) is 0 Å². The molecule has 0 radical (unpaired) electrons. The van der Waals surface area contributed by atoms with Crippen LogP contribution in [-0.4, -0.2) is 72.0 Å².